The molecule has 1 aromatic heterocycles. The molecule has 1 aliphatic heterocycles. The van der Waals surface area contributed by atoms with Crippen LogP contribution in [0.25, 0.3) is 0 Å². The summed E-state index contributed by atoms with van der Waals surface area (Å²) in [7, 11) is 0. The Morgan fingerprint density at radius 2 is 2.39 bits per heavy atom. The molecule has 0 radical (unpaired) electrons. The molecule has 0 bridgehead atoms. The van der Waals surface area contributed by atoms with Crippen molar-refractivity contribution < 1.29 is 9.90 Å². The molecule has 6 nitrogen and oxygen atoms in total. The van der Waals surface area contributed by atoms with Crippen molar-refractivity contribution in [3.05, 3.63) is 18.3 Å². The third-order valence-electron chi connectivity index (χ3n) is 3.14. The van der Waals surface area contributed by atoms with Crippen LogP contribution in [-0.4, -0.2) is 44.4 Å². The van der Waals surface area contributed by atoms with Gasteiger partial charge in [-0.15, -0.1) is 5.10 Å². The number of rotatable bonds is 2. The fourth-order valence-corrected chi connectivity index (χ4v) is 2.29. The van der Waals surface area contributed by atoms with Crippen LogP contribution in [0.2, 0.25) is 0 Å². The van der Waals surface area contributed by atoms with Gasteiger partial charge in [0.2, 0.25) is 0 Å². The Labute approximate surface area is 106 Å². The summed E-state index contributed by atoms with van der Waals surface area (Å²) in [6.07, 6.45) is 3.27. The molecule has 6 heteroatoms. The highest BCUT2D eigenvalue weighted by Crippen LogP contribution is 2.27. The fourth-order valence-electron chi connectivity index (χ4n) is 2.29. The average Bonchev–Trinajstić information content (AvgIpc) is 2.79. The maximum Gasteiger partial charge on any atom is 0.323 e. The second-order valence-corrected chi connectivity index (χ2v) is 5.04. The predicted molar refractivity (Wildman–Crippen MR) is 67.1 cm³/mol. The van der Waals surface area contributed by atoms with Gasteiger partial charge in [0.1, 0.15) is 0 Å². The molecule has 2 N–H and O–H groups in total. The molecule has 0 aliphatic carbocycles. The quantitative estimate of drug-likeness (QED) is 0.828. The van der Waals surface area contributed by atoms with E-state index in [1.54, 1.807) is 37.1 Å². The van der Waals surface area contributed by atoms with E-state index in [4.69, 9.17) is 0 Å². The van der Waals surface area contributed by atoms with Crippen LogP contribution >= 0.6 is 0 Å². The summed E-state index contributed by atoms with van der Waals surface area (Å²) in [5.41, 5.74) is -0.893. The number of amides is 2. The van der Waals surface area contributed by atoms with Crippen molar-refractivity contribution >= 4 is 11.8 Å². The maximum atomic E-state index is 12.1. The molecule has 98 valence electrons. The summed E-state index contributed by atoms with van der Waals surface area (Å²) in [6, 6.07) is 2.99. The van der Waals surface area contributed by atoms with Crippen LogP contribution in [0.4, 0.5) is 10.6 Å². The van der Waals surface area contributed by atoms with Crippen LogP contribution in [0.5, 0.6) is 0 Å². The second kappa shape index (κ2) is 4.89. The molecule has 1 fully saturated rings. The number of hydrogen-bond acceptors (Lipinski definition) is 4. The van der Waals surface area contributed by atoms with E-state index in [0.29, 0.717) is 12.4 Å². The molecular weight excluding hydrogens is 232 g/mol. The van der Waals surface area contributed by atoms with Crippen molar-refractivity contribution in [1.82, 2.24) is 15.1 Å². The lowest BCUT2D eigenvalue weighted by Crippen LogP contribution is -2.49. The average molecular weight is 250 g/mol. The van der Waals surface area contributed by atoms with E-state index in [2.05, 4.69) is 15.5 Å². The Bertz CT molecular complexity index is 416. The molecule has 2 amide bonds. The van der Waals surface area contributed by atoms with Gasteiger partial charge in [-0.3, -0.25) is 5.32 Å². The lowest BCUT2D eigenvalue weighted by atomic mass is 9.97. The van der Waals surface area contributed by atoms with Crippen LogP contribution in [0.3, 0.4) is 0 Å². The fraction of sp³-hybridized carbons (Fsp3) is 0.583. The Hall–Kier alpha value is -1.69. The minimum absolute atomic E-state index is 0.158. The third-order valence-corrected chi connectivity index (χ3v) is 3.14. The molecule has 2 rings (SSSR count). The molecule has 2 heterocycles. The number of likely N-dealkylation sites (tertiary alicyclic amines) is 1. The van der Waals surface area contributed by atoms with Crippen molar-refractivity contribution in [2.24, 2.45) is 0 Å². The van der Waals surface area contributed by atoms with Crippen LogP contribution in [0.15, 0.2) is 18.3 Å². The molecule has 1 atom stereocenters. The van der Waals surface area contributed by atoms with Gasteiger partial charge in [0.15, 0.2) is 5.82 Å². The molecule has 0 unspecified atom stereocenters. The Balaban J connectivity index is 2.05. The normalized spacial score (nSPS) is 19.9. The van der Waals surface area contributed by atoms with Crippen LogP contribution in [0, 0.1) is 0 Å². The lowest BCUT2D eigenvalue weighted by molar-refractivity contribution is 0.0117. The molecule has 1 aromatic rings. The number of urea groups is 1. The second-order valence-electron chi connectivity index (χ2n) is 5.04. The molecule has 1 aliphatic rings. The number of carbonyl (C=O) groups excluding carboxylic acids is 1. The van der Waals surface area contributed by atoms with Gasteiger partial charge in [0.25, 0.3) is 0 Å². The van der Waals surface area contributed by atoms with Crippen molar-refractivity contribution in [2.75, 3.05) is 11.9 Å². The summed E-state index contributed by atoms with van der Waals surface area (Å²) in [5, 5.41) is 20.2. The van der Waals surface area contributed by atoms with E-state index >= 15 is 0 Å². The number of hydrogen-bond donors (Lipinski definition) is 2. The van der Waals surface area contributed by atoms with Crippen LogP contribution in [0.1, 0.15) is 26.7 Å². The first-order valence-electron chi connectivity index (χ1n) is 6.06. The summed E-state index contributed by atoms with van der Waals surface area (Å²) < 4.78 is 0. The maximum absolute atomic E-state index is 12.1. The zero-order valence-electron chi connectivity index (χ0n) is 10.6. The number of aliphatic hydroxyl groups is 1. The standard InChI is InChI=1S/C12H18N4O2/c1-12(2,18)9-5-4-8-16(9)11(17)14-10-6-3-7-13-15-10/h3,6-7,9,18H,4-5,8H2,1-2H3,(H,14,15,17)/t9-/m1/s1. The van der Waals surface area contributed by atoms with Gasteiger partial charge < -0.3 is 10.0 Å². The summed E-state index contributed by atoms with van der Waals surface area (Å²) in [4.78, 5) is 13.8. The Morgan fingerprint density at radius 3 is 3.00 bits per heavy atom. The number of nitrogens with zero attached hydrogens (tertiary/aromatic N) is 3. The van der Waals surface area contributed by atoms with Gasteiger partial charge >= 0.3 is 6.03 Å². The highest BCUT2D eigenvalue weighted by Gasteiger charge is 2.38. The monoisotopic (exact) mass is 250 g/mol. The van der Waals surface area contributed by atoms with Crippen LogP contribution < -0.4 is 5.32 Å². The zero-order chi connectivity index (χ0) is 13.2. The van der Waals surface area contributed by atoms with Gasteiger partial charge in [0.05, 0.1) is 11.6 Å². The first kappa shape index (κ1) is 12.8. The zero-order valence-corrected chi connectivity index (χ0v) is 10.6. The van der Waals surface area contributed by atoms with Gasteiger partial charge in [-0.1, -0.05) is 0 Å². The summed E-state index contributed by atoms with van der Waals surface area (Å²) in [5.74, 6) is 0.420. The number of aromatic nitrogens is 2. The third kappa shape index (κ3) is 2.76. The SMILES string of the molecule is CC(C)(O)[C@H]1CCCN1C(=O)Nc1cccnn1. The topological polar surface area (TPSA) is 78.4 Å². The summed E-state index contributed by atoms with van der Waals surface area (Å²) in [6.45, 7) is 4.11. The van der Waals surface area contributed by atoms with E-state index in [1.165, 1.54) is 0 Å². The lowest BCUT2D eigenvalue weighted by Gasteiger charge is -2.33. The first-order chi connectivity index (χ1) is 8.48. The number of carbonyl (C=O) groups is 1. The molecule has 1 saturated heterocycles. The van der Waals surface area contributed by atoms with E-state index in [-0.39, 0.29) is 12.1 Å². The van der Waals surface area contributed by atoms with E-state index < -0.39 is 5.60 Å². The summed E-state index contributed by atoms with van der Waals surface area (Å²) >= 11 is 0. The first-order valence-corrected chi connectivity index (χ1v) is 6.06. The van der Waals surface area contributed by atoms with E-state index in [9.17, 15) is 9.90 Å². The molecule has 0 aromatic carbocycles. The molecule has 0 spiro atoms. The van der Waals surface area contributed by atoms with Crippen molar-refractivity contribution in [3.63, 3.8) is 0 Å². The van der Waals surface area contributed by atoms with E-state index in [0.717, 1.165) is 12.8 Å². The predicted octanol–water partition coefficient (Wildman–Crippen LogP) is 1.24. The van der Waals surface area contributed by atoms with Gasteiger partial charge in [-0.25, -0.2) is 4.79 Å². The molecular formula is C12H18N4O2. The van der Waals surface area contributed by atoms with Gasteiger partial charge in [-0.2, -0.15) is 5.10 Å². The van der Waals surface area contributed by atoms with Crippen molar-refractivity contribution in [1.29, 1.82) is 0 Å². The number of nitrogens with one attached hydrogen (secondary N) is 1. The van der Waals surface area contributed by atoms with Gasteiger partial charge in [-0.05, 0) is 38.8 Å². The van der Waals surface area contributed by atoms with E-state index in [1.807, 2.05) is 0 Å². The minimum Gasteiger partial charge on any atom is -0.388 e. The highest BCUT2D eigenvalue weighted by molar-refractivity contribution is 5.88. The number of anilines is 1. The van der Waals surface area contributed by atoms with Crippen LogP contribution in [-0.2, 0) is 0 Å². The highest BCUT2D eigenvalue weighted by atomic mass is 16.3. The van der Waals surface area contributed by atoms with Gasteiger partial charge in [0, 0.05) is 12.7 Å². The van der Waals surface area contributed by atoms with Crippen molar-refractivity contribution in [3.8, 4) is 0 Å². The Morgan fingerprint density at radius 1 is 1.61 bits per heavy atom. The van der Waals surface area contributed by atoms with Crippen molar-refractivity contribution in [2.45, 2.75) is 38.3 Å². The smallest absolute Gasteiger partial charge is 0.323 e. The molecule has 0 saturated carbocycles. The Kier molecular flexibility index (Phi) is 3.47. The largest absolute Gasteiger partial charge is 0.388 e. The molecule has 18 heavy (non-hydrogen) atoms. The minimum atomic E-state index is -0.893.